The lowest BCUT2D eigenvalue weighted by Gasteiger charge is -2.20. The van der Waals surface area contributed by atoms with Gasteiger partial charge in [0, 0.05) is 55.2 Å². The molecular formula is C19H23N3O5S2. The number of aromatic nitrogens is 1. The molecule has 0 spiro atoms. The minimum absolute atomic E-state index is 0.00585. The fourth-order valence-corrected chi connectivity index (χ4v) is 4.56. The van der Waals surface area contributed by atoms with Gasteiger partial charge in [-0.3, -0.25) is 9.59 Å². The summed E-state index contributed by atoms with van der Waals surface area (Å²) >= 11 is 1.33. The van der Waals surface area contributed by atoms with Crippen LogP contribution in [-0.2, 0) is 27.5 Å². The summed E-state index contributed by atoms with van der Waals surface area (Å²) in [5, 5.41) is 3.21. The second-order valence-corrected chi connectivity index (χ2v) is 10.2. The number of fused-ring (bicyclic) bond motifs is 1. The van der Waals surface area contributed by atoms with Crippen molar-refractivity contribution in [1.82, 2.24) is 9.88 Å². The predicted molar refractivity (Wildman–Crippen MR) is 111 cm³/mol. The Bertz CT molecular complexity index is 991. The number of rotatable bonds is 6. The lowest BCUT2D eigenvalue weighted by Crippen LogP contribution is -2.34. The number of hydrogen-bond donors (Lipinski definition) is 1. The number of anilines is 1. The van der Waals surface area contributed by atoms with Crippen LogP contribution in [0.5, 0.6) is 5.75 Å². The summed E-state index contributed by atoms with van der Waals surface area (Å²) in [6.45, 7) is 0.963. The molecule has 0 aliphatic carbocycles. The van der Waals surface area contributed by atoms with Gasteiger partial charge in [-0.15, -0.1) is 11.3 Å². The second kappa shape index (κ2) is 8.91. The van der Waals surface area contributed by atoms with Crippen LogP contribution in [-0.4, -0.2) is 62.3 Å². The number of amides is 2. The highest BCUT2D eigenvalue weighted by atomic mass is 32.2. The van der Waals surface area contributed by atoms with Gasteiger partial charge >= 0.3 is 0 Å². The molecule has 0 saturated heterocycles. The van der Waals surface area contributed by atoms with E-state index in [1.807, 2.05) is 0 Å². The third-order valence-electron chi connectivity index (χ3n) is 4.57. The monoisotopic (exact) mass is 437 g/mol. The predicted octanol–water partition coefficient (Wildman–Crippen LogP) is 1.77. The van der Waals surface area contributed by atoms with E-state index >= 15 is 0 Å². The van der Waals surface area contributed by atoms with Crippen molar-refractivity contribution in [3.8, 4) is 5.75 Å². The van der Waals surface area contributed by atoms with Crippen LogP contribution in [0.4, 0.5) is 5.69 Å². The van der Waals surface area contributed by atoms with Gasteiger partial charge in [-0.25, -0.2) is 13.4 Å². The molecule has 0 saturated carbocycles. The maximum absolute atomic E-state index is 12.5. The van der Waals surface area contributed by atoms with Gasteiger partial charge in [-0.05, 0) is 12.1 Å². The van der Waals surface area contributed by atoms with Gasteiger partial charge in [0.1, 0.15) is 15.6 Å². The Morgan fingerprint density at radius 2 is 2.03 bits per heavy atom. The maximum Gasteiger partial charge on any atom is 0.284 e. The zero-order chi connectivity index (χ0) is 21.0. The smallest absolute Gasteiger partial charge is 0.284 e. The largest absolute Gasteiger partial charge is 0.497 e. The molecule has 3 rings (SSSR count). The summed E-state index contributed by atoms with van der Waals surface area (Å²) in [4.78, 5) is 31.9. The molecule has 0 fully saturated rings. The molecule has 0 unspecified atom stereocenters. The zero-order valence-corrected chi connectivity index (χ0v) is 17.9. The van der Waals surface area contributed by atoms with Gasteiger partial charge in [-0.2, -0.15) is 0 Å². The number of benzene rings is 1. The summed E-state index contributed by atoms with van der Waals surface area (Å²) in [6, 6.07) is 7.10. The van der Waals surface area contributed by atoms with Crippen LogP contribution in [0.25, 0.3) is 0 Å². The Labute approximate surface area is 173 Å². The topological polar surface area (TPSA) is 106 Å². The van der Waals surface area contributed by atoms with E-state index in [0.29, 0.717) is 42.4 Å². The van der Waals surface area contributed by atoms with Crippen molar-refractivity contribution in [2.45, 2.75) is 19.3 Å². The number of carbonyl (C=O) groups is 2. The number of nitrogens with one attached hydrogen (secondary N) is 1. The maximum atomic E-state index is 12.5. The average Bonchev–Trinajstić information content (AvgIpc) is 2.99. The molecule has 0 bridgehead atoms. The fourth-order valence-electron chi connectivity index (χ4n) is 3.03. The van der Waals surface area contributed by atoms with Crippen molar-refractivity contribution < 1.29 is 22.7 Å². The molecule has 8 nitrogen and oxygen atoms in total. The Kier molecular flexibility index (Phi) is 6.53. The van der Waals surface area contributed by atoms with Crippen molar-refractivity contribution in [2.75, 3.05) is 37.5 Å². The molecule has 1 aromatic carbocycles. The van der Waals surface area contributed by atoms with E-state index in [9.17, 15) is 18.0 Å². The molecule has 1 aliphatic heterocycles. The molecule has 2 amide bonds. The minimum Gasteiger partial charge on any atom is -0.497 e. The first-order chi connectivity index (χ1) is 13.7. The van der Waals surface area contributed by atoms with E-state index in [0.717, 1.165) is 16.8 Å². The molecule has 2 heterocycles. The lowest BCUT2D eigenvalue weighted by atomic mass is 10.2. The Morgan fingerprint density at radius 3 is 2.76 bits per heavy atom. The van der Waals surface area contributed by atoms with Gasteiger partial charge in [0.15, 0.2) is 5.01 Å². The number of hydrogen-bond acceptors (Lipinski definition) is 7. The highest BCUT2D eigenvalue weighted by molar-refractivity contribution is 7.90. The minimum atomic E-state index is -3.17. The normalized spacial score (nSPS) is 14.1. The van der Waals surface area contributed by atoms with Crippen LogP contribution in [0.2, 0.25) is 0 Å². The van der Waals surface area contributed by atoms with Crippen molar-refractivity contribution in [1.29, 1.82) is 0 Å². The molecule has 1 aromatic heterocycles. The Morgan fingerprint density at radius 1 is 1.28 bits per heavy atom. The van der Waals surface area contributed by atoms with E-state index in [2.05, 4.69) is 10.3 Å². The third kappa shape index (κ3) is 5.77. The highest BCUT2D eigenvalue weighted by Crippen LogP contribution is 2.25. The third-order valence-corrected chi connectivity index (χ3v) is 6.67. The number of sulfone groups is 1. The standard InChI is InChI=1S/C19H23N3O5S2/c1-27-14-5-3-4-13(12-14)20-18(24)19-21-15-6-9-22(10-7-16(15)28-19)17(23)8-11-29(2,25)26/h3-5,12H,6-11H2,1-2H3,(H,20,24). The molecule has 10 heteroatoms. The SMILES string of the molecule is COc1cccc(NC(=O)c2nc3c(s2)CCN(C(=O)CCS(C)(=O)=O)CC3)c1. The van der Waals surface area contributed by atoms with Gasteiger partial charge in [-0.1, -0.05) is 6.07 Å². The number of methoxy groups -OCH3 is 1. The fraction of sp³-hybridized carbons (Fsp3) is 0.421. The van der Waals surface area contributed by atoms with Crippen molar-refractivity contribution in [2.24, 2.45) is 0 Å². The molecule has 0 radical (unpaired) electrons. The van der Waals surface area contributed by atoms with Crippen LogP contribution >= 0.6 is 11.3 Å². The van der Waals surface area contributed by atoms with E-state index in [4.69, 9.17) is 4.74 Å². The molecule has 2 aromatic rings. The molecule has 156 valence electrons. The molecule has 1 aliphatic rings. The molecular weight excluding hydrogens is 414 g/mol. The van der Waals surface area contributed by atoms with Crippen LogP contribution in [0.1, 0.15) is 26.8 Å². The van der Waals surface area contributed by atoms with Gasteiger partial charge < -0.3 is 15.0 Å². The van der Waals surface area contributed by atoms with E-state index in [1.54, 1.807) is 36.3 Å². The summed E-state index contributed by atoms with van der Waals surface area (Å²) in [5.74, 6) is 0.0640. The Hall–Kier alpha value is -2.46. The van der Waals surface area contributed by atoms with E-state index in [-0.39, 0.29) is 24.0 Å². The Balaban J connectivity index is 1.61. The first-order valence-corrected chi connectivity index (χ1v) is 12.0. The van der Waals surface area contributed by atoms with E-state index < -0.39 is 9.84 Å². The quantitative estimate of drug-likeness (QED) is 0.738. The summed E-state index contributed by atoms with van der Waals surface area (Å²) in [7, 11) is -1.60. The average molecular weight is 438 g/mol. The zero-order valence-electron chi connectivity index (χ0n) is 16.3. The van der Waals surface area contributed by atoms with Crippen molar-refractivity contribution in [3.63, 3.8) is 0 Å². The van der Waals surface area contributed by atoms with Gasteiger partial charge in [0.2, 0.25) is 5.91 Å². The number of carbonyl (C=O) groups excluding carboxylic acids is 2. The summed E-state index contributed by atoms with van der Waals surface area (Å²) in [5.41, 5.74) is 1.45. The first-order valence-electron chi connectivity index (χ1n) is 9.14. The van der Waals surface area contributed by atoms with Gasteiger partial charge in [0.05, 0.1) is 18.6 Å². The number of thiazole rings is 1. The van der Waals surface area contributed by atoms with Crippen LogP contribution in [0, 0.1) is 0 Å². The molecule has 1 N–H and O–H groups in total. The first kappa shape index (κ1) is 21.3. The second-order valence-electron chi connectivity index (χ2n) is 6.84. The number of ether oxygens (including phenoxy) is 1. The van der Waals surface area contributed by atoms with Crippen LogP contribution in [0.3, 0.4) is 0 Å². The van der Waals surface area contributed by atoms with Crippen molar-refractivity contribution >= 4 is 38.7 Å². The van der Waals surface area contributed by atoms with Crippen LogP contribution in [0.15, 0.2) is 24.3 Å². The van der Waals surface area contributed by atoms with Gasteiger partial charge in [0.25, 0.3) is 5.91 Å². The summed E-state index contributed by atoms with van der Waals surface area (Å²) in [6.07, 6.45) is 2.27. The lowest BCUT2D eigenvalue weighted by molar-refractivity contribution is -0.130. The van der Waals surface area contributed by atoms with Crippen molar-refractivity contribution in [3.05, 3.63) is 39.8 Å². The van der Waals surface area contributed by atoms with Crippen LogP contribution < -0.4 is 10.1 Å². The number of nitrogens with zero attached hydrogens (tertiary/aromatic N) is 2. The molecule has 29 heavy (non-hydrogen) atoms. The highest BCUT2D eigenvalue weighted by Gasteiger charge is 2.24. The van der Waals surface area contributed by atoms with E-state index in [1.165, 1.54) is 11.3 Å². The molecule has 0 atom stereocenters. The summed E-state index contributed by atoms with van der Waals surface area (Å²) < 4.78 is 27.7.